The van der Waals surface area contributed by atoms with Crippen molar-refractivity contribution in [3.8, 4) is 5.88 Å². The van der Waals surface area contributed by atoms with Crippen molar-refractivity contribution in [2.45, 2.75) is 13.0 Å². The quantitative estimate of drug-likeness (QED) is 0.787. The average molecular weight is 295 g/mol. The van der Waals surface area contributed by atoms with Gasteiger partial charge in [-0.2, -0.15) is 0 Å². The summed E-state index contributed by atoms with van der Waals surface area (Å²) in [6, 6.07) is 13.7. The smallest absolute Gasteiger partial charge is 0.226 e. The van der Waals surface area contributed by atoms with E-state index in [1.807, 2.05) is 18.3 Å². The van der Waals surface area contributed by atoms with E-state index in [4.69, 9.17) is 4.74 Å². The SMILES string of the molecule is COc1ccc(NC(=O)CCn2ccc3ccccc32)cn1. The van der Waals surface area contributed by atoms with Gasteiger partial charge in [0.1, 0.15) is 0 Å². The molecule has 3 aromatic rings. The molecule has 0 unspecified atom stereocenters. The first-order valence-corrected chi connectivity index (χ1v) is 7.10. The molecule has 1 amide bonds. The molecular formula is C17H17N3O2. The molecule has 0 aliphatic rings. The molecule has 0 fully saturated rings. The average Bonchev–Trinajstić information content (AvgIpc) is 2.97. The number of hydrogen-bond donors (Lipinski definition) is 1. The molecule has 0 saturated heterocycles. The summed E-state index contributed by atoms with van der Waals surface area (Å²) >= 11 is 0. The zero-order valence-electron chi connectivity index (χ0n) is 12.3. The molecule has 22 heavy (non-hydrogen) atoms. The summed E-state index contributed by atoms with van der Waals surface area (Å²) in [6.07, 6.45) is 4.00. The number of methoxy groups -OCH3 is 1. The predicted molar refractivity (Wildman–Crippen MR) is 86.0 cm³/mol. The summed E-state index contributed by atoms with van der Waals surface area (Å²) in [6.45, 7) is 0.642. The van der Waals surface area contributed by atoms with Crippen molar-refractivity contribution in [1.29, 1.82) is 0 Å². The van der Waals surface area contributed by atoms with Gasteiger partial charge >= 0.3 is 0 Å². The highest BCUT2D eigenvalue weighted by Crippen LogP contribution is 2.16. The van der Waals surface area contributed by atoms with Crippen LogP contribution in [-0.2, 0) is 11.3 Å². The number of para-hydroxylation sites is 1. The molecule has 0 aliphatic heterocycles. The maximum Gasteiger partial charge on any atom is 0.226 e. The Morgan fingerprint density at radius 3 is 2.86 bits per heavy atom. The molecule has 0 aliphatic carbocycles. The zero-order chi connectivity index (χ0) is 15.4. The van der Waals surface area contributed by atoms with E-state index >= 15 is 0 Å². The number of amides is 1. The minimum absolute atomic E-state index is 0.0373. The third-order valence-electron chi connectivity index (χ3n) is 3.49. The van der Waals surface area contributed by atoms with Crippen LogP contribution in [0.25, 0.3) is 10.9 Å². The molecule has 0 spiro atoms. The van der Waals surface area contributed by atoms with E-state index in [9.17, 15) is 4.79 Å². The number of nitrogens with zero attached hydrogens (tertiary/aromatic N) is 2. The molecule has 112 valence electrons. The lowest BCUT2D eigenvalue weighted by atomic mass is 10.2. The molecule has 0 bridgehead atoms. The number of aryl methyl sites for hydroxylation is 1. The van der Waals surface area contributed by atoms with Gasteiger partial charge in [0.05, 0.1) is 19.0 Å². The number of fused-ring (bicyclic) bond motifs is 1. The van der Waals surface area contributed by atoms with Gasteiger partial charge < -0.3 is 14.6 Å². The number of carbonyl (C=O) groups excluding carboxylic acids is 1. The molecule has 1 N–H and O–H groups in total. The van der Waals surface area contributed by atoms with Crippen molar-refractivity contribution in [3.05, 3.63) is 54.9 Å². The van der Waals surface area contributed by atoms with Gasteiger partial charge in [-0.3, -0.25) is 4.79 Å². The second-order valence-electron chi connectivity index (χ2n) is 4.96. The number of nitrogens with one attached hydrogen (secondary N) is 1. The Kier molecular flexibility index (Phi) is 4.05. The van der Waals surface area contributed by atoms with E-state index in [-0.39, 0.29) is 5.91 Å². The first kappa shape index (κ1) is 14.1. The van der Waals surface area contributed by atoms with Gasteiger partial charge in [-0.1, -0.05) is 18.2 Å². The Balaban J connectivity index is 1.60. The maximum atomic E-state index is 12.0. The Morgan fingerprint density at radius 1 is 1.23 bits per heavy atom. The normalized spacial score (nSPS) is 10.6. The van der Waals surface area contributed by atoms with E-state index in [0.717, 1.165) is 5.52 Å². The largest absolute Gasteiger partial charge is 0.481 e. The molecule has 5 heteroatoms. The Morgan fingerprint density at radius 2 is 2.09 bits per heavy atom. The molecule has 0 saturated carbocycles. The lowest BCUT2D eigenvalue weighted by Gasteiger charge is -2.07. The first-order chi connectivity index (χ1) is 10.8. The van der Waals surface area contributed by atoms with E-state index in [2.05, 4.69) is 33.1 Å². The zero-order valence-corrected chi connectivity index (χ0v) is 12.3. The van der Waals surface area contributed by atoms with Crippen LogP contribution in [0.1, 0.15) is 6.42 Å². The van der Waals surface area contributed by atoms with Crippen LogP contribution in [0.15, 0.2) is 54.9 Å². The van der Waals surface area contributed by atoms with Crippen LogP contribution < -0.4 is 10.1 Å². The standard InChI is InChI=1S/C17H17N3O2/c1-22-17-7-6-14(12-18-17)19-16(21)9-11-20-10-8-13-4-2-3-5-15(13)20/h2-8,10,12H,9,11H2,1H3,(H,19,21). The van der Waals surface area contributed by atoms with E-state index in [1.54, 1.807) is 25.4 Å². The maximum absolute atomic E-state index is 12.0. The number of pyridine rings is 1. The van der Waals surface area contributed by atoms with Gasteiger partial charge in [-0.05, 0) is 23.6 Å². The summed E-state index contributed by atoms with van der Waals surface area (Å²) < 4.78 is 7.07. The molecule has 1 aromatic carbocycles. The van der Waals surface area contributed by atoms with Crippen LogP contribution >= 0.6 is 0 Å². The highest BCUT2D eigenvalue weighted by Gasteiger charge is 2.05. The second kappa shape index (κ2) is 6.30. The van der Waals surface area contributed by atoms with Crippen molar-refractivity contribution in [1.82, 2.24) is 9.55 Å². The van der Waals surface area contributed by atoms with Gasteiger partial charge in [0, 0.05) is 30.7 Å². The minimum atomic E-state index is -0.0373. The van der Waals surface area contributed by atoms with Crippen LogP contribution in [0, 0.1) is 0 Å². The lowest BCUT2D eigenvalue weighted by molar-refractivity contribution is -0.116. The fourth-order valence-electron chi connectivity index (χ4n) is 2.36. The Hall–Kier alpha value is -2.82. The molecular weight excluding hydrogens is 278 g/mol. The van der Waals surface area contributed by atoms with E-state index in [0.29, 0.717) is 24.5 Å². The number of rotatable bonds is 5. The molecule has 0 atom stereocenters. The number of benzene rings is 1. The Bertz CT molecular complexity index is 778. The number of anilines is 1. The summed E-state index contributed by atoms with van der Waals surface area (Å²) in [5.74, 6) is 0.488. The summed E-state index contributed by atoms with van der Waals surface area (Å²) in [7, 11) is 1.56. The molecule has 3 rings (SSSR count). The third kappa shape index (κ3) is 3.09. The number of hydrogen-bond acceptors (Lipinski definition) is 3. The fraction of sp³-hybridized carbons (Fsp3) is 0.176. The monoisotopic (exact) mass is 295 g/mol. The van der Waals surface area contributed by atoms with Gasteiger partial charge in [0.25, 0.3) is 0 Å². The predicted octanol–water partition coefficient (Wildman–Crippen LogP) is 3.07. The lowest BCUT2D eigenvalue weighted by Crippen LogP contribution is -2.14. The molecule has 0 radical (unpaired) electrons. The third-order valence-corrected chi connectivity index (χ3v) is 3.49. The minimum Gasteiger partial charge on any atom is -0.481 e. The van der Waals surface area contributed by atoms with Gasteiger partial charge in [0.2, 0.25) is 11.8 Å². The van der Waals surface area contributed by atoms with Crippen molar-refractivity contribution >= 4 is 22.5 Å². The van der Waals surface area contributed by atoms with E-state index in [1.165, 1.54) is 5.39 Å². The summed E-state index contributed by atoms with van der Waals surface area (Å²) in [5.41, 5.74) is 1.81. The molecule has 2 heterocycles. The van der Waals surface area contributed by atoms with Crippen LogP contribution in [0.5, 0.6) is 5.88 Å². The molecule has 5 nitrogen and oxygen atoms in total. The second-order valence-corrected chi connectivity index (χ2v) is 4.96. The van der Waals surface area contributed by atoms with Gasteiger partial charge in [0.15, 0.2) is 0 Å². The van der Waals surface area contributed by atoms with Crippen molar-refractivity contribution < 1.29 is 9.53 Å². The van der Waals surface area contributed by atoms with Crippen molar-refractivity contribution in [2.75, 3.05) is 12.4 Å². The molecule has 2 aromatic heterocycles. The highest BCUT2D eigenvalue weighted by atomic mass is 16.5. The van der Waals surface area contributed by atoms with Gasteiger partial charge in [-0.15, -0.1) is 0 Å². The van der Waals surface area contributed by atoms with Crippen molar-refractivity contribution in [3.63, 3.8) is 0 Å². The fourth-order valence-corrected chi connectivity index (χ4v) is 2.36. The van der Waals surface area contributed by atoms with Gasteiger partial charge in [-0.25, -0.2) is 4.98 Å². The van der Waals surface area contributed by atoms with E-state index < -0.39 is 0 Å². The van der Waals surface area contributed by atoms with Crippen LogP contribution in [0.2, 0.25) is 0 Å². The number of carbonyl (C=O) groups is 1. The highest BCUT2D eigenvalue weighted by molar-refractivity contribution is 5.90. The number of ether oxygens (including phenoxy) is 1. The summed E-state index contributed by atoms with van der Waals surface area (Å²) in [5, 5.41) is 4.02. The first-order valence-electron chi connectivity index (χ1n) is 7.10. The summed E-state index contributed by atoms with van der Waals surface area (Å²) in [4.78, 5) is 16.1. The topological polar surface area (TPSA) is 56.1 Å². The van der Waals surface area contributed by atoms with Crippen LogP contribution in [-0.4, -0.2) is 22.6 Å². The van der Waals surface area contributed by atoms with Crippen molar-refractivity contribution in [2.24, 2.45) is 0 Å². The van der Waals surface area contributed by atoms with Crippen LogP contribution in [0.3, 0.4) is 0 Å². The Labute approximate surface area is 128 Å². The number of aromatic nitrogens is 2. The van der Waals surface area contributed by atoms with Crippen LogP contribution in [0.4, 0.5) is 5.69 Å².